The van der Waals surface area contributed by atoms with Crippen molar-refractivity contribution < 1.29 is 32.2 Å². The Morgan fingerprint density at radius 3 is 2.70 bits per heavy atom. The van der Waals surface area contributed by atoms with E-state index in [9.17, 15) is 27.5 Å². The molecule has 1 heterocycles. The molecule has 2 aliphatic carbocycles. The van der Waals surface area contributed by atoms with Gasteiger partial charge in [0, 0.05) is 23.2 Å². The van der Waals surface area contributed by atoms with Gasteiger partial charge < -0.3 is 9.84 Å². The number of fused-ring (bicyclic) bond motifs is 3. The van der Waals surface area contributed by atoms with Crippen LogP contribution in [-0.2, 0) is 24.0 Å². The van der Waals surface area contributed by atoms with Gasteiger partial charge in [-0.25, -0.2) is 9.37 Å². The van der Waals surface area contributed by atoms with Gasteiger partial charge in [0.25, 0.3) is 0 Å². The molecule has 2 aromatic carbocycles. The van der Waals surface area contributed by atoms with Crippen molar-refractivity contribution >= 4 is 17.6 Å². The van der Waals surface area contributed by atoms with Crippen molar-refractivity contribution in [2.45, 2.75) is 25.1 Å². The van der Waals surface area contributed by atoms with Gasteiger partial charge >= 0.3 is 12.1 Å². The summed E-state index contributed by atoms with van der Waals surface area (Å²) >= 11 is 5.64. The Morgan fingerprint density at radius 2 is 1.97 bits per heavy atom. The van der Waals surface area contributed by atoms with Crippen LogP contribution in [0.5, 0.6) is 5.75 Å². The van der Waals surface area contributed by atoms with Gasteiger partial charge in [-0.15, -0.1) is 0 Å². The summed E-state index contributed by atoms with van der Waals surface area (Å²) in [6, 6.07) is 9.72. The number of carboxylic acids is 1. The molecule has 3 atom stereocenters. The zero-order valence-corrected chi connectivity index (χ0v) is 17.6. The average molecular weight is 478 g/mol. The number of alkyl halides is 3. The number of carbonyl (C=O) groups is 1. The van der Waals surface area contributed by atoms with Crippen LogP contribution in [0, 0.1) is 17.7 Å². The molecule has 1 fully saturated rings. The van der Waals surface area contributed by atoms with Crippen molar-refractivity contribution in [3.8, 4) is 16.9 Å². The Hall–Kier alpha value is -3.13. The Labute approximate surface area is 190 Å². The molecular weight excluding hydrogens is 462 g/mol. The van der Waals surface area contributed by atoms with Crippen molar-refractivity contribution in [1.29, 1.82) is 0 Å². The predicted molar refractivity (Wildman–Crippen MR) is 111 cm³/mol. The number of aromatic nitrogens is 1. The highest BCUT2D eigenvalue weighted by atomic mass is 35.5. The first-order valence-corrected chi connectivity index (χ1v) is 10.5. The van der Waals surface area contributed by atoms with Crippen LogP contribution >= 0.6 is 11.6 Å². The zero-order chi connectivity index (χ0) is 23.5. The van der Waals surface area contributed by atoms with Gasteiger partial charge in [-0.2, -0.15) is 13.2 Å². The van der Waals surface area contributed by atoms with E-state index in [2.05, 4.69) is 4.98 Å². The fourth-order valence-corrected chi connectivity index (χ4v) is 4.88. The number of halogens is 5. The highest BCUT2D eigenvalue weighted by Gasteiger charge is 2.59. The molecule has 170 valence electrons. The number of aliphatic carboxylic acids is 1. The SMILES string of the molecule is O=C(O)C1C2Cc3cc(OCc4cc(-c5cnc(Cl)cc5C(F)(F)F)ccc4F)ccc3C21. The summed E-state index contributed by atoms with van der Waals surface area (Å²) < 4.78 is 60.5. The molecule has 33 heavy (non-hydrogen) atoms. The van der Waals surface area contributed by atoms with E-state index in [1.54, 1.807) is 6.07 Å². The predicted octanol–water partition coefficient (Wildman–Crippen LogP) is 6.11. The van der Waals surface area contributed by atoms with Crippen LogP contribution in [-0.4, -0.2) is 16.1 Å². The van der Waals surface area contributed by atoms with E-state index in [1.165, 1.54) is 12.1 Å². The molecule has 5 rings (SSSR count). The van der Waals surface area contributed by atoms with E-state index < -0.39 is 23.5 Å². The molecule has 0 amide bonds. The lowest BCUT2D eigenvalue weighted by molar-refractivity contribution is -0.139. The van der Waals surface area contributed by atoms with E-state index in [1.807, 2.05) is 12.1 Å². The number of carboxylic acid groups (broad SMARTS) is 1. The number of rotatable bonds is 5. The minimum Gasteiger partial charge on any atom is -0.489 e. The topological polar surface area (TPSA) is 59.4 Å². The molecular formula is C24H16ClF4NO3. The number of benzene rings is 2. The number of hydrogen-bond donors (Lipinski definition) is 1. The molecule has 0 aliphatic heterocycles. The summed E-state index contributed by atoms with van der Waals surface area (Å²) in [6.45, 7) is -0.189. The lowest BCUT2D eigenvalue weighted by atomic mass is 9.99. The number of ether oxygens (including phenoxy) is 1. The summed E-state index contributed by atoms with van der Waals surface area (Å²) in [6.07, 6.45) is -2.99. The third-order valence-electron chi connectivity index (χ3n) is 6.31. The van der Waals surface area contributed by atoms with E-state index in [4.69, 9.17) is 16.3 Å². The fourth-order valence-electron chi connectivity index (χ4n) is 4.72. The summed E-state index contributed by atoms with van der Waals surface area (Å²) in [4.78, 5) is 15.0. The molecule has 0 saturated heterocycles. The second-order valence-corrected chi connectivity index (χ2v) is 8.65. The van der Waals surface area contributed by atoms with Crippen LogP contribution in [0.4, 0.5) is 17.6 Å². The maximum Gasteiger partial charge on any atom is 0.417 e. The first kappa shape index (κ1) is 21.7. The first-order valence-electron chi connectivity index (χ1n) is 10.1. The Balaban J connectivity index is 1.37. The number of pyridine rings is 1. The monoisotopic (exact) mass is 477 g/mol. The lowest BCUT2D eigenvalue weighted by Crippen LogP contribution is -2.08. The van der Waals surface area contributed by atoms with Gasteiger partial charge in [0.1, 0.15) is 23.3 Å². The molecule has 1 aromatic heterocycles. The standard InChI is InChI=1S/C24H16ClF4NO3/c25-20-8-18(24(27,28)29)17(9-30-20)11-1-4-19(26)13(5-11)10-33-14-2-3-15-12(6-14)7-16-21(15)22(16)23(31)32/h1-6,8-9,16,21-22H,7,10H2,(H,31,32). The molecule has 1 saturated carbocycles. The third kappa shape index (κ3) is 3.93. The van der Waals surface area contributed by atoms with Gasteiger partial charge in [-0.1, -0.05) is 23.7 Å². The van der Waals surface area contributed by atoms with Crippen LogP contribution in [0.3, 0.4) is 0 Å². The van der Waals surface area contributed by atoms with E-state index >= 15 is 0 Å². The van der Waals surface area contributed by atoms with Gasteiger partial charge in [-0.05, 0) is 59.4 Å². The van der Waals surface area contributed by atoms with Crippen molar-refractivity contribution in [2.75, 3.05) is 0 Å². The average Bonchev–Trinajstić information content (AvgIpc) is 3.35. The molecule has 0 bridgehead atoms. The van der Waals surface area contributed by atoms with E-state index in [0.29, 0.717) is 12.2 Å². The Kier molecular flexibility index (Phi) is 5.08. The minimum absolute atomic E-state index is 0.0384. The Bertz CT molecular complexity index is 1280. The number of nitrogens with zero attached hydrogens (tertiary/aromatic N) is 1. The zero-order valence-electron chi connectivity index (χ0n) is 16.9. The van der Waals surface area contributed by atoms with Gasteiger partial charge in [0.2, 0.25) is 0 Å². The summed E-state index contributed by atoms with van der Waals surface area (Å²) in [5, 5.41) is 8.93. The van der Waals surface area contributed by atoms with Crippen molar-refractivity contribution in [3.63, 3.8) is 0 Å². The van der Waals surface area contributed by atoms with E-state index in [0.717, 1.165) is 29.5 Å². The second kappa shape index (κ2) is 7.73. The molecule has 3 aromatic rings. The summed E-state index contributed by atoms with van der Waals surface area (Å²) in [5.41, 5.74) is 1.07. The maximum atomic E-state index is 14.4. The van der Waals surface area contributed by atoms with Gasteiger partial charge in [0.15, 0.2) is 0 Å². The largest absolute Gasteiger partial charge is 0.489 e. The van der Waals surface area contributed by atoms with Crippen LogP contribution < -0.4 is 4.74 Å². The molecule has 2 aliphatic rings. The Morgan fingerprint density at radius 1 is 1.18 bits per heavy atom. The molecule has 4 nitrogen and oxygen atoms in total. The summed E-state index contributed by atoms with van der Waals surface area (Å²) in [7, 11) is 0. The third-order valence-corrected chi connectivity index (χ3v) is 6.52. The molecule has 0 radical (unpaired) electrons. The maximum absolute atomic E-state index is 14.4. The van der Waals surface area contributed by atoms with Crippen LogP contribution in [0.2, 0.25) is 5.15 Å². The summed E-state index contributed by atoms with van der Waals surface area (Å²) in [5.74, 6) is -1.09. The fraction of sp³-hybridized carbons (Fsp3) is 0.250. The van der Waals surface area contributed by atoms with Crippen molar-refractivity contribution in [2.24, 2.45) is 11.8 Å². The normalized spacial score (nSPS) is 20.8. The van der Waals surface area contributed by atoms with Gasteiger partial charge in [0.05, 0.1) is 11.5 Å². The first-order chi connectivity index (χ1) is 15.6. The van der Waals surface area contributed by atoms with E-state index in [-0.39, 0.29) is 46.2 Å². The molecule has 0 spiro atoms. The minimum atomic E-state index is -4.66. The smallest absolute Gasteiger partial charge is 0.417 e. The van der Waals surface area contributed by atoms with Crippen molar-refractivity contribution in [3.05, 3.63) is 81.9 Å². The lowest BCUT2D eigenvalue weighted by Gasteiger charge is -2.15. The van der Waals surface area contributed by atoms with Crippen LogP contribution in [0.15, 0.2) is 48.7 Å². The van der Waals surface area contributed by atoms with Crippen molar-refractivity contribution in [1.82, 2.24) is 4.98 Å². The molecule has 9 heteroatoms. The quantitative estimate of drug-likeness (QED) is 0.356. The molecule has 3 unspecified atom stereocenters. The van der Waals surface area contributed by atoms with Gasteiger partial charge in [-0.3, -0.25) is 4.79 Å². The van der Waals surface area contributed by atoms with Crippen LogP contribution in [0.25, 0.3) is 11.1 Å². The second-order valence-electron chi connectivity index (χ2n) is 8.26. The highest BCUT2D eigenvalue weighted by Crippen LogP contribution is 2.61. The number of hydrogen-bond acceptors (Lipinski definition) is 3. The molecule has 1 N–H and O–H groups in total. The van der Waals surface area contributed by atoms with Crippen LogP contribution in [0.1, 0.15) is 28.2 Å². The highest BCUT2D eigenvalue weighted by molar-refractivity contribution is 6.29.